The van der Waals surface area contributed by atoms with Gasteiger partial charge in [-0.3, -0.25) is 0 Å². The minimum Gasteiger partial charge on any atom is -0.391 e. The lowest BCUT2D eigenvalue weighted by Crippen LogP contribution is -2.65. The molecule has 12 nitrogen and oxygen atoms in total. The molecule has 4 aliphatic carbocycles. The summed E-state index contributed by atoms with van der Waals surface area (Å²) in [6, 6.07) is 0. The molecule has 4 saturated heterocycles. The first-order valence-corrected chi connectivity index (χ1v) is 20.6. The van der Waals surface area contributed by atoms with E-state index in [1.165, 1.54) is 39.0 Å². The van der Waals surface area contributed by atoms with E-state index in [1.807, 2.05) is 0 Å². The third-order valence-corrected chi connectivity index (χ3v) is 16.3. The van der Waals surface area contributed by atoms with Crippen LogP contribution in [0.25, 0.3) is 0 Å². The molecule has 0 aromatic rings. The maximum absolute atomic E-state index is 11.3. The Labute approximate surface area is 308 Å². The van der Waals surface area contributed by atoms with Crippen LogP contribution in [-0.2, 0) is 28.4 Å². The summed E-state index contributed by atoms with van der Waals surface area (Å²) in [6.45, 7) is 11.3. The molecule has 6 N–H and O–H groups in total. The molecule has 0 radical (unpaired) electrons. The number of aliphatic hydroxyl groups is 6. The third-order valence-electron chi connectivity index (χ3n) is 16.3. The van der Waals surface area contributed by atoms with Gasteiger partial charge in [0.05, 0.1) is 37.6 Å². The summed E-state index contributed by atoms with van der Waals surface area (Å²) in [5.41, 5.74) is 0.508. The normalized spacial score (nSPS) is 59.2. The molecule has 0 amide bonds. The summed E-state index contributed by atoms with van der Waals surface area (Å²) in [6.07, 6.45) is 1.80. The van der Waals surface area contributed by atoms with Crippen LogP contribution in [0, 0.1) is 52.3 Å². The van der Waals surface area contributed by atoms with Crippen LogP contribution in [0.2, 0.25) is 0 Å². The number of hydrogen-bond donors (Lipinski definition) is 6. The van der Waals surface area contributed by atoms with Crippen molar-refractivity contribution in [1.29, 1.82) is 0 Å². The molecule has 0 aromatic carbocycles. The lowest BCUT2D eigenvalue weighted by molar-refractivity contribution is -0.412. The quantitative estimate of drug-likeness (QED) is 0.228. The highest BCUT2D eigenvalue weighted by Crippen LogP contribution is 2.71. The van der Waals surface area contributed by atoms with Crippen molar-refractivity contribution in [3.05, 3.63) is 0 Å². The molecule has 52 heavy (non-hydrogen) atoms. The Morgan fingerprint density at radius 1 is 0.769 bits per heavy atom. The van der Waals surface area contributed by atoms with Crippen molar-refractivity contribution in [2.45, 2.75) is 185 Å². The van der Waals surface area contributed by atoms with Gasteiger partial charge in [-0.25, -0.2) is 0 Å². The first-order chi connectivity index (χ1) is 24.6. The fourth-order valence-electron chi connectivity index (χ4n) is 13.5. The van der Waals surface area contributed by atoms with Crippen LogP contribution < -0.4 is 0 Å². The van der Waals surface area contributed by atoms with E-state index in [0.717, 1.165) is 45.1 Å². The lowest BCUT2D eigenvalue weighted by atomic mass is 9.44. The van der Waals surface area contributed by atoms with Gasteiger partial charge < -0.3 is 59.1 Å². The number of rotatable bonds is 5. The average Bonchev–Trinajstić information content (AvgIpc) is 3.47. The van der Waals surface area contributed by atoms with E-state index in [1.54, 1.807) is 0 Å². The summed E-state index contributed by atoms with van der Waals surface area (Å²) >= 11 is 0. The van der Waals surface area contributed by atoms with Crippen molar-refractivity contribution in [3.8, 4) is 0 Å². The van der Waals surface area contributed by atoms with Gasteiger partial charge in [-0.1, -0.05) is 27.7 Å². The molecule has 0 aromatic heterocycles. The highest BCUT2D eigenvalue weighted by Gasteiger charge is 2.69. The van der Waals surface area contributed by atoms with Gasteiger partial charge in [-0.05, 0) is 117 Å². The molecule has 298 valence electrons. The monoisotopic (exact) mass is 738 g/mol. The second kappa shape index (κ2) is 13.9. The van der Waals surface area contributed by atoms with Crippen molar-refractivity contribution in [2.75, 3.05) is 13.2 Å². The van der Waals surface area contributed by atoms with Gasteiger partial charge in [0.25, 0.3) is 0 Å². The second-order valence-corrected chi connectivity index (χ2v) is 19.2. The Kier molecular flexibility index (Phi) is 10.2. The molecular weight excluding hydrogens is 672 g/mol. The zero-order valence-electron chi connectivity index (χ0n) is 31.8. The molecule has 8 fully saturated rings. The molecule has 21 atom stereocenters. The van der Waals surface area contributed by atoms with Crippen molar-refractivity contribution in [3.63, 3.8) is 0 Å². The van der Waals surface area contributed by atoms with Crippen LogP contribution in [0.3, 0.4) is 0 Å². The van der Waals surface area contributed by atoms with Crippen LogP contribution in [-0.4, -0.2) is 117 Å². The van der Waals surface area contributed by atoms with E-state index < -0.39 is 67.4 Å². The van der Waals surface area contributed by atoms with Gasteiger partial charge in [0.2, 0.25) is 5.79 Å². The maximum Gasteiger partial charge on any atom is 0.221 e. The van der Waals surface area contributed by atoms with Crippen LogP contribution in [0.1, 0.15) is 112 Å². The van der Waals surface area contributed by atoms with Crippen LogP contribution in [0.5, 0.6) is 0 Å². The Balaban J connectivity index is 0.893. The maximum atomic E-state index is 11.3. The summed E-state index contributed by atoms with van der Waals surface area (Å²) in [4.78, 5) is 0. The highest BCUT2D eigenvalue weighted by molar-refractivity contribution is 5.15. The van der Waals surface area contributed by atoms with E-state index in [-0.39, 0.29) is 23.4 Å². The van der Waals surface area contributed by atoms with Crippen LogP contribution in [0.4, 0.5) is 0 Å². The molecule has 4 saturated carbocycles. The zero-order valence-corrected chi connectivity index (χ0v) is 31.8. The highest BCUT2D eigenvalue weighted by atomic mass is 16.8. The van der Waals surface area contributed by atoms with Crippen molar-refractivity contribution < 1.29 is 59.1 Å². The van der Waals surface area contributed by atoms with Gasteiger partial charge in [-0.2, -0.15) is 0 Å². The van der Waals surface area contributed by atoms with Crippen molar-refractivity contribution in [1.82, 2.24) is 0 Å². The van der Waals surface area contributed by atoms with Gasteiger partial charge in [0.15, 0.2) is 18.4 Å². The number of hydrogen-bond acceptors (Lipinski definition) is 12. The summed E-state index contributed by atoms with van der Waals surface area (Å²) in [5, 5.41) is 63.4. The predicted molar refractivity (Wildman–Crippen MR) is 186 cm³/mol. The number of aliphatic hydroxyl groups excluding tert-OH is 5. The smallest absolute Gasteiger partial charge is 0.221 e. The molecule has 1 spiro atoms. The molecule has 4 aliphatic heterocycles. The minimum absolute atomic E-state index is 0.0197. The molecule has 12 heteroatoms. The largest absolute Gasteiger partial charge is 0.391 e. The SMILES string of the molecule is CC1OC(OC2C(O)CC(O[C@H]3CC[C@]4(C)C5CC[C@@]6(C)C(CC7O[C@]8(CCC[C@H](C)CO8)C(C)C76)C5CC[C@@H]4C3)OC2(O)CO)C(O)C(O)C1O. The average molecular weight is 739 g/mol. The first kappa shape index (κ1) is 38.4. The topological polar surface area (TPSA) is 177 Å². The zero-order chi connectivity index (χ0) is 37.0. The van der Waals surface area contributed by atoms with E-state index in [9.17, 15) is 30.6 Å². The Bertz CT molecular complexity index is 1290. The lowest BCUT2D eigenvalue weighted by Gasteiger charge is -2.61. The molecule has 8 aliphatic rings. The first-order valence-electron chi connectivity index (χ1n) is 20.6. The Morgan fingerprint density at radius 2 is 1.54 bits per heavy atom. The second-order valence-electron chi connectivity index (χ2n) is 19.2. The van der Waals surface area contributed by atoms with Crippen LogP contribution in [0.15, 0.2) is 0 Å². The van der Waals surface area contributed by atoms with Gasteiger partial charge in [-0.15, -0.1) is 0 Å². The third kappa shape index (κ3) is 6.08. The fourth-order valence-corrected chi connectivity index (χ4v) is 13.5. The van der Waals surface area contributed by atoms with Gasteiger partial charge in [0, 0.05) is 18.8 Å². The fraction of sp³-hybridized carbons (Fsp3) is 1.00. The molecule has 8 rings (SSSR count). The van der Waals surface area contributed by atoms with E-state index in [4.69, 9.17) is 28.4 Å². The van der Waals surface area contributed by atoms with E-state index >= 15 is 0 Å². The molecule has 15 unspecified atom stereocenters. The van der Waals surface area contributed by atoms with Gasteiger partial charge >= 0.3 is 0 Å². The van der Waals surface area contributed by atoms with E-state index in [2.05, 4.69) is 27.7 Å². The number of ether oxygens (including phenoxy) is 6. The van der Waals surface area contributed by atoms with Gasteiger partial charge in [0.1, 0.15) is 24.4 Å². The molecule has 4 heterocycles. The number of fused-ring (bicyclic) bond motifs is 7. The molecule has 0 bridgehead atoms. The van der Waals surface area contributed by atoms with Crippen molar-refractivity contribution >= 4 is 0 Å². The Morgan fingerprint density at radius 3 is 2.31 bits per heavy atom. The Hall–Kier alpha value is -0.480. The van der Waals surface area contributed by atoms with Crippen molar-refractivity contribution in [2.24, 2.45) is 52.3 Å². The molecular formula is C40H66O12. The standard InChI is InChI=1S/C40H66O12/c1-20-7-6-12-40(47-18-20)21(2)31-29(51-40)16-27-25-9-8-23-15-24(10-13-37(23,4)26(25)11-14-38(27,31)5)49-30-17-28(42)35(39(46,19-41)52-30)50-36-34(45)33(44)32(43)22(3)48-36/h20-36,41-46H,6-19H2,1-5H3/t20-,21?,22?,23+,24-,25?,26?,27?,28?,29?,30?,31?,32?,33?,34?,35?,36?,37-,38-,39?,40+/m0/s1. The van der Waals surface area contributed by atoms with Crippen LogP contribution >= 0.6 is 0 Å². The van der Waals surface area contributed by atoms with E-state index in [0.29, 0.717) is 47.5 Å². The predicted octanol–water partition coefficient (Wildman–Crippen LogP) is 3.21. The summed E-state index contributed by atoms with van der Waals surface area (Å²) in [5.74, 6) is 1.39. The minimum atomic E-state index is -2.34. The summed E-state index contributed by atoms with van der Waals surface area (Å²) in [7, 11) is 0. The summed E-state index contributed by atoms with van der Waals surface area (Å²) < 4.78 is 37.3.